The predicted molar refractivity (Wildman–Crippen MR) is 86.1 cm³/mol. The van der Waals surface area contributed by atoms with E-state index in [9.17, 15) is 13.2 Å². The Morgan fingerprint density at radius 3 is 2.83 bits per heavy atom. The number of anilines is 1. The van der Waals surface area contributed by atoms with Gasteiger partial charge in [0.05, 0.1) is 16.1 Å². The summed E-state index contributed by atoms with van der Waals surface area (Å²) in [5.74, 6) is -0.602. The van der Waals surface area contributed by atoms with E-state index >= 15 is 0 Å². The van der Waals surface area contributed by atoms with E-state index in [2.05, 4.69) is 4.98 Å². The molecule has 1 unspecified atom stereocenters. The van der Waals surface area contributed by atoms with E-state index < -0.39 is 15.8 Å². The number of nitrogens with zero attached hydrogens (tertiary/aromatic N) is 1. The fourth-order valence-electron chi connectivity index (χ4n) is 3.10. The number of para-hydroxylation sites is 1. The standard InChI is InChI=1S/C16H14N2O4S/c1-10-8-11-4-2-3-5-14(11)18(10)23(20,21)12-6-7-13-15(9-12)22-16(19)17-13/h2-7,9-10H,8H2,1H3,(H,17,19). The van der Waals surface area contributed by atoms with Crippen molar-refractivity contribution in [3.63, 3.8) is 0 Å². The highest BCUT2D eigenvalue weighted by Gasteiger charge is 2.36. The molecule has 0 radical (unpaired) electrons. The lowest BCUT2D eigenvalue weighted by Gasteiger charge is -2.24. The first-order valence-electron chi connectivity index (χ1n) is 7.22. The first kappa shape index (κ1) is 14.1. The maximum atomic E-state index is 13.1. The second kappa shape index (κ2) is 4.73. The van der Waals surface area contributed by atoms with Crippen LogP contribution in [0.1, 0.15) is 12.5 Å². The van der Waals surface area contributed by atoms with Crippen LogP contribution in [0.4, 0.5) is 5.69 Å². The summed E-state index contributed by atoms with van der Waals surface area (Å²) in [5.41, 5.74) is 2.42. The summed E-state index contributed by atoms with van der Waals surface area (Å²) in [6, 6.07) is 11.7. The van der Waals surface area contributed by atoms with Gasteiger partial charge in [0.2, 0.25) is 0 Å². The number of hydrogen-bond acceptors (Lipinski definition) is 4. The minimum absolute atomic E-state index is 0.108. The van der Waals surface area contributed by atoms with Crippen LogP contribution in [0.3, 0.4) is 0 Å². The number of sulfonamides is 1. The van der Waals surface area contributed by atoms with Gasteiger partial charge in [0.15, 0.2) is 5.58 Å². The van der Waals surface area contributed by atoms with Gasteiger partial charge in [-0.1, -0.05) is 18.2 Å². The van der Waals surface area contributed by atoms with Gasteiger partial charge in [-0.2, -0.15) is 0 Å². The van der Waals surface area contributed by atoms with Crippen molar-refractivity contribution in [2.75, 3.05) is 4.31 Å². The van der Waals surface area contributed by atoms with Gasteiger partial charge in [0.1, 0.15) is 0 Å². The summed E-state index contributed by atoms with van der Waals surface area (Å²) in [4.78, 5) is 13.8. The first-order valence-corrected chi connectivity index (χ1v) is 8.66. The van der Waals surface area contributed by atoms with Crippen molar-refractivity contribution >= 4 is 26.8 Å². The first-order chi connectivity index (χ1) is 11.0. The van der Waals surface area contributed by atoms with Crippen molar-refractivity contribution in [1.29, 1.82) is 0 Å². The van der Waals surface area contributed by atoms with E-state index in [0.717, 1.165) is 5.56 Å². The molecule has 3 aromatic rings. The predicted octanol–water partition coefficient (Wildman–Crippen LogP) is 2.26. The Bertz CT molecular complexity index is 1060. The van der Waals surface area contributed by atoms with E-state index in [0.29, 0.717) is 17.6 Å². The Balaban J connectivity index is 1.87. The van der Waals surface area contributed by atoms with Crippen LogP contribution >= 0.6 is 0 Å². The second-order valence-electron chi connectivity index (χ2n) is 5.66. The zero-order valence-corrected chi connectivity index (χ0v) is 13.1. The van der Waals surface area contributed by atoms with Crippen molar-refractivity contribution in [2.24, 2.45) is 0 Å². The molecule has 0 bridgehead atoms. The molecule has 6 nitrogen and oxygen atoms in total. The number of aromatic amines is 1. The molecule has 118 valence electrons. The third-order valence-electron chi connectivity index (χ3n) is 4.09. The van der Waals surface area contributed by atoms with Crippen molar-refractivity contribution in [3.05, 3.63) is 58.6 Å². The monoisotopic (exact) mass is 330 g/mol. The lowest BCUT2D eigenvalue weighted by Crippen LogP contribution is -2.35. The number of rotatable bonds is 2. The van der Waals surface area contributed by atoms with E-state index in [1.54, 1.807) is 6.07 Å². The molecule has 1 N–H and O–H groups in total. The van der Waals surface area contributed by atoms with Gasteiger partial charge in [0.25, 0.3) is 10.0 Å². The molecule has 7 heteroatoms. The van der Waals surface area contributed by atoms with Gasteiger partial charge in [-0.15, -0.1) is 0 Å². The lowest BCUT2D eigenvalue weighted by atomic mass is 10.1. The van der Waals surface area contributed by atoms with Crippen LogP contribution in [0.15, 0.2) is 56.6 Å². The maximum absolute atomic E-state index is 13.1. The van der Waals surface area contributed by atoms with E-state index in [1.165, 1.54) is 16.4 Å². The SMILES string of the molecule is CC1Cc2ccccc2N1S(=O)(=O)c1ccc2[nH]c(=O)oc2c1. The summed E-state index contributed by atoms with van der Waals surface area (Å²) in [7, 11) is -3.73. The zero-order chi connectivity index (χ0) is 16.2. The minimum Gasteiger partial charge on any atom is -0.408 e. The molecule has 2 heterocycles. The van der Waals surface area contributed by atoms with Gasteiger partial charge in [-0.25, -0.2) is 13.2 Å². The van der Waals surface area contributed by atoms with Gasteiger partial charge >= 0.3 is 5.76 Å². The molecule has 1 aromatic heterocycles. The van der Waals surface area contributed by atoms with Crippen LogP contribution in [0.5, 0.6) is 0 Å². The van der Waals surface area contributed by atoms with Crippen molar-refractivity contribution < 1.29 is 12.8 Å². The average Bonchev–Trinajstić information content (AvgIpc) is 3.04. The largest absolute Gasteiger partial charge is 0.417 e. The smallest absolute Gasteiger partial charge is 0.408 e. The molecule has 1 atom stereocenters. The van der Waals surface area contributed by atoms with Crippen molar-refractivity contribution in [1.82, 2.24) is 4.98 Å². The zero-order valence-electron chi connectivity index (χ0n) is 12.3. The molecule has 0 amide bonds. The van der Waals surface area contributed by atoms with Gasteiger partial charge in [-0.05, 0) is 37.1 Å². The number of fused-ring (bicyclic) bond motifs is 2. The minimum atomic E-state index is -3.73. The highest BCUT2D eigenvalue weighted by atomic mass is 32.2. The molecule has 0 saturated heterocycles. The summed E-state index contributed by atoms with van der Waals surface area (Å²) in [6.45, 7) is 1.88. The van der Waals surface area contributed by atoms with Gasteiger partial charge in [-0.3, -0.25) is 9.29 Å². The summed E-state index contributed by atoms with van der Waals surface area (Å²) in [6.07, 6.45) is 0.677. The molecule has 0 spiro atoms. The number of oxazole rings is 1. The molecule has 0 fully saturated rings. The lowest BCUT2D eigenvalue weighted by molar-refractivity contribution is 0.553. The number of aromatic nitrogens is 1. The van der Waals surface area contributed by atoms with Crippen molar-refractivity contribution in [3.8, 4) is 0 Å². The summed E-state index contributed by atoms with van der Waals surface area (Å²) in [5, 5.41) is 0. The molecule has 1 aliphatic rings. The maximum Gasteiger partial charge on any atom is 0.417 e. The Morgan fingerprint density at radius 1 is 1.22 bits per heavy atom. The highest BCUT2D eigenvalue weighted by molar-refractivity contribution is 7.92. The second-order valence-corrected chi connectivity index (χ2v) is 7.47. The highest BCUT2D eigenvalue weighted by Crippen LogP contribution is 2.36. The summed E-state index contributed by atoms with van der Waals surface area (Å²) < 4.78 is 32.5. The topological polar surface area (TPSA) is 83.4 Å². The van der Waals surface area contributed by atoms with Crippen LogP contribution in [0.25, 0.3) is 11.1 Å². The molecular formula is C16H14N2O4S. The van der Waals surface area contributed by atoms with Crippen LogP contribution < -0.4 is 10.1 Å². The van der Waals surface area contributed by atoms with Gasteiger partial charge < -0.3 is 4.42 Å². The van der Waals surface area contributed by atoms with Crippen LogP contribution in [-0.4, -0.2) is 19.4 Å². The van der Waals surface area contributed by atoms with Crippen molar-refractivity contribution in [2.45, 2.75) is 24.3 Å². The molecule has 0 aliphatic carbocycles. The Hall–Kier alpha value is -2.54. The van der Waals surface area contributed by atoms with Gasteiger partial charge in [0, 0.05) is 12.1 Å². The Kier molecular flexibility index (Phi) is 2.89. The molecular weight excluding hydrogens is 316 g/mol. The third-order valence-corrected chi connectivity index (χ3v) is 6.02. The van der Waals surface area contributed by atoms with Crippen LogP contribution in [0, 0.1) is 0 Å². The van der Waals surface area contributed by atoms with E-state index in [1.807, 2.05) is 31.2 Å². The molecule has 2 aromatic carbocycles. The molecule has 4 rings (SSSR count). The van der Waals surface area contributed by atoms with E-state index in [4.69, 9.17) is 4.42 Å². The molecule has 23 heavy (non-hydrogen) atoms. The Morgan fingerprint density at radius 2 is 2.00 bits per heavy atom. The fraction of sp³-hybridized carbons (Fsp3) is 0.188. The van der Waals surface area contributed by atoms with Crippen LogP contribution in [-0.2, 0) is 16.4 Å². The quantitative estimate of drug-likeness (QED) is 0.781. The third kappa shape index (κ3) is 2.08. The fourth-order valence-corrected chi connectivity index (χ4v) is 4.81. The summed E-state index contributed by atoms with van der Waals surface area (Å²) >= 11 is 0. The molecule has 1 aliphatic heterocycles. The normalized spacial score (nSPS) is 17.6. The molecule has 0 saturated carbocycles. The Labute approximate surface area is 132 Å². The number of H-pyrrole nitrogens is 1. The average molecular weight is 330 g/mol. The van der Waals surface area contributed by atoms with Crippen LogP contribution in [0.2, 0.25) is 0 Å². The number of nitrogens with one attached hydrogen (secondary N) is 1. The number of benzene rings is 2. The number of hydrogen-bond donors (Lipinski definition) is 1. The van der Waals surface area contributed by atoms with E-state index in [-0.39, 0.29) is 16.5 Å².